The van der Waals surface area contributed by atoms with Crippen molar-refractivity contribution in [3.8, 4) is 22.6 Å². The minimum Gasteiger partial charge on any atom is -0.441 e. The van der Waals surface area contributed by atoms with Gasteiger partial charge in [-0.2, -0.15) is 0 Å². The summed E-state index contributed by atoms with van der Waals surface area (Å²) in [6, 6.07) is 15.8. The summed E-state index contributed by atoms with van der Waals surface area (Å²) in [7, 11) is 0. The summed E-state index contributed by atoms with van der Waals surface area (Å²) < 4.78 is 20.8. The van der Waals surface area contributed by atoms with Crippen LogP contribution in [0.1, 0.15) is 11.5 Å². The van der Waals surface area contributed by atoms with E-state index < -0.39 is 0 Å². The number of imidazole rings is 1. The molecule has 5 aromatic rings. The molecular formula is C24H19FN4O2. The van der Waals surface area contributed by atoms with Gasteiger partial charge >= 0.3 is 0 Å². The van der Waals surface area contributed by atoms with Crippen LogP contribution in [0.4, 0.5) is 15.8 Å². The van der Waals surface area contributed by atoms with E-state index in [-0.39, 0.29) is 12.4 Å². The van der Waals surface area contributed by atoms with Crippen LogP contribution in [0.5, 0.6) is 0 Å². The number of oxazole rings is 1. The van der Waals surface area contributed by atoms with E-state index in [1.54, 1.807) is 25.3 Å². The maximum absolute atomic E-state index is 13.3. The third-order valence-corrected chi connectivity index (χ3v) is 5.06. The standard InChI is InChI=1S/C24H19FN4O2/c1-15-26-12-23(31-15)20-9-8-19(11-17(20)14-30)27-21-3-2-10-29-13-22(28-24(21)29)16-4-6-18(25)7-5-16/h2-13,27,30H,14H2,1H3. The molecule has 0 atom stereocenters. The number of aliphatic hydroxyl groups excluding tert-OH is 1. The number of aliphatic hydroxyl groups is 1. The second-order valence-electron chi connectivity index (χ2n) is 7.18. The van der Waals surface area contributed by atoms with Crippen LogP contribution >= 0.6 is 0 Å². The molecule has 0 aliphatic carbocycles. The number of hydrogen-bond acceptors (Lipinski definition) is 5. The van der Waals surface area contributed by atoms with Crippen LogP contribution in [0.15, 0.2) is 77.6 Å². The Balaban J connectivity index is 1.49. The summed E-state index contributed by atoms with van der Waals surface area (Å²) in [5.41, 5.74) is 5.47. The molecular weight excluding hydrogens is 395 g/mol. The first kappa shape index (κ1) is 19.0. The van der Waals surface area contributed by atoms with E-state index in [0.717, 1.165) is 39.4 Å². The Labute approximate surface area is 177 Å². The fourth-order valence-corrected chi connectivity index (χ4v) is 3.55. The van der Waals surface area contributed by atoms with Crippen LogP contribution in [-0.4, -0.2) is 19.5 Å². The first-order valence-corrected chi connectivity index (χ1v) is 9.78. The van der Waals surface area contributed by atoms with E-state index in [2.05, 4.69) is 10.3 Å². The van der Waals surface area contributed by atoms with Gasteiger partial charge in [-0.3, -0.25) is 0 Å². The molecule has 3 heterocycles. The van der Waals surface area contributed by atoms with Crippen molar-refractivity contribution in [3.05, 3.63) is 90.5 Å². The van der Waals surface area contributed by atoms with Crippen molar-refractivity contribution in [2.24, 2.45) is 0 Å². The van der Waals surface area contributed by atoms with Crippen molar-refractivity contribution in [3.63, 3.8) is 0 Å². The number of pyridine rings is 1. The Morgan fingerprint density at radius 3 is 2.71 bits per heavy atom. The number of aromatic nitrogens is 3. The normalized spacial score (nSPS) is 11.2. The lowest BCUT2D eigenvalue weighted by Gasteiger charge is -2.11. The molecule has 6 nitrogen and oxygen atoms in total. The van der Waals surface area contributed by atoms with Gasteiger partial charge in [-0.1, -0.05) is 0 Å². The van der Waals surface area contributed by atoms with Crippen molar-refractivity contribution in [1.29, 1.82) is 0 Å². The van der Waals surface area contributed by atoms with Crippen LogP contribution in [0.3, 0.4) is 0 Å². The number of benzene rings is 2. The minimum absolute atomic E-state index is 0.132. The van der Waals surface area contributed by atoms with E-state index in [0.29, 0.717) is 11.7 Å². The van der Waals surface area contributed by atoms with E-state index in [9.17, 15) is 9.50 Å². The molecule has 7 heteroatoms. The van der Waals surface area contributed by atoms with Gasteiger partial charge < -0.3 is 19.2 Å². The van der Waals surface area contributed by atoms with E-state index in [1.165, 1.54) is 12.1 Å². The lowest BCUT2D eigenvalue weighted by molar-refractivity contribution is 0.282. The third kappa shape index (κ3) is 3.67. The van der Waals surface area contributed by atoms with Crippen molar-refractivity contribution in [1.82, 2.24) is 14.4 Å². The molecule has 0 saturated heterocycles. The monoisotopic (exact) mass is 414 g/mol. The molecule has 0 aliphatic rings. The van der Waals surface area contributed by atoms with Gasteiger partial charge in [0.1, 0.15) is 5.82 Å². The molecule has 3 aromatic heterocycles. The SMILES string of the molecule is Cc1ncc(-c2ccc(Nc3cccn4cc(-c5ccc(F)cc5)nc34)cc2CO)o1. The van der Waals surface area contributed by atoms with Gasteiger partial charge in [0.2, 0.25) is 0 Å². The molecule has 0 amide bonds. The average molecular weight is 414 g/mol. The third-order valence-electron chi connectivity index (χ3n) is 5.06. The molecule has 0 unspecified atom stereocenters. The highest BCUT2D eigenvalue weighted by Gasteiger charge is 2.12. The Morgan fingerprint density at radius 2 is 1.97 bits per heavy atom. The lowest BCUT2D eigenvalue weighted by Crippen LogP contribution is -1.97. The van der Waals surface area contributed by atoms with E-state index in [1.807, 2.05) is 47.1 Å². The Hall–Kier alpha value is -3.97. The van der Waals surface area contributed by atoms with Gasteiger partial charge in [-0.05, 0) is 60.2 Å². The zero-order valence-electron chi connectivity index (χ0n) is 16.7. The Morgan fingerprint density at radius 1 is 1.13 bits per heavy atom. The first-order chi connectivity index (χ1) is 15.1. The second-order valence-corrected chi connectivity index (χ2v) is 7.18. The molecule has 0 aliphatic heterocycles. The molecule has 0 radical (unpaired) electrons. The maximum Gasteiger partial charge on any atom is 0.191 e. The molecule has 5 rings (SSSR count). The van der Waals surface area contributed by atoms with Crippen molar-refractivity contribution in [2.45, 2.75) is 13.5 Å². The topological polar surface area (TPSA) is 75.6 Å². The molecule has 0 bridgehead atoms. The molecule has 0 spiro atoms. The van der Waals surface area contributed by atoms with Crippen molar-refractivity contribution in [2.75, 3.05) is 5.32 Å². The summed E-state index contributed by atoms with van der Waals surface area (Å²) in [5.74, 6) is 0.912. The van der Waals surface area contributed by atoms with E-state index >= 15 is 0 Å². The average Bonchev–Trinajstić information content (AvgIpc) is 3.41. The summed E-state index contributed by atoms with van der Waals surface area (Å²) >= 11 is 0. The predicted octanol–water partition coefficient (Wildman–Crippen LogP) is 5.34. The zero-order chi connectivity index (χ0) is 21.4. The second kappa shape index (κ2) is 7.70. The van der Waals surface area contributed by atoms with Crippen molar-refractivity contribution >= 4 is 17.0 Å². The van der Waals surface area contributed by atoms with Gasteiger partial charge in [0.05, 0.1) is 24.2 Å². The summed E-state index contributed by atoms with van der Waals surface area (Å²) in [6.07, 6.45) is 5.47. The molecule has 0 fully saturated rings. The molecule has 2 N–H and O–H groups in total. The fourth-order valence-electron chi connectivity index (χ4n) is 3.55. The van der Waals surface area contributed by atoms with Gasteiger partial charge in [0, 0.05) is 36.1 Å². The number of halogens is 1. The van der Waals surface area contributed by atoms with Gasteiger partial charge in [-0.15, -0.1) is 0 Å². The fraction of sp³-hybridized carbons (Fsp3) is 0.0833. The minimum atomic E-state index is -0.279. The smallest absolute Gasteiger partial charge is 0.191 e. The highest BCUT2D eigenvalue weighted by molar-refractivity contribution is 5.78. The molecule has 31 heavy (non-hydrogen) atoms. The van der Waals surface area contributed by atoms with E-state index in [4.69, 9.17) is 9.40 Å². The molecule has 0 saturated carbocycles. The zero-order valence-corrected chi connectivity index (χ0v) is 16.7. The van der Waals surface area contributed by atoms with Crippen LogP contribution in [0.25, 0.3) is 28.2 Å². The maximum atomic E-state index is 13.3. The van der Waals surface area contributed by atoms with Crippen LogP contribution in [0, 0.1) is 12.7 Å². The number of hydrogen-bond donors (Lipinski definition) is 2. The summed E-state index contributed by atoms with van der Waals surface area (Å²) in [5, 5.41) is 13.2. The number of nitrogens with one attached hydrogen (secondary N) is 1. The van der Waals surface area contributed by atoms with Crippen LogP contribution in [0.2, 0.25) is 0 Å². The number of nitrogens with zero attached hydrogens (tertiary/aromatic N) is 3. The first-order valence-electron chi connectivity index (χ1n) is 9.78. The Kier molecular flexibility index (Phi) is 4.72. The lowest BCUT2D eigenvalue weighted by atomic mass is 10.1. The summed E-state index contributed by atoms with van der Waals surface area (Å²) in [4.78, 5) is 8.85. The summed E-state index contributed by atoms with van der Waals surface area (Å²) in [6.45, 7) is 1.65. The van der Waals surface area contributed by atoms with Crippen LogP contribution < -0.4 is 5.32 Å². The van der Waals surface area contributed by atoms with Crippen LogP contribution in [-0.2, 0) is 6.61 Å². The predicted molar refractivity (Wildman–Crippen MR) is 116 cm³/mol. The highest BCUT2D eigenvalue weighted by atomic mass is 19.1. The Bertz CT molecular complexity index is 1370. The number of rotatable bonds is 5. The number of aryl methyl sites for hydroxylation is 1. The number of anilines is 2. The number of fused-ring (bicyclic) bond motifs is 1. The van der Waals surface area contributed by atoms with Crippen molar-refractivity contribution < 1.29 is 13.9 Å². The molecule has 2 aromatic carbocycles. The largest absolute Gasteiger partial charge is 0.441 e. The van der Waals surface area contributed by atoms with Gasteiger partial charge in [0.25, 0.3) is 0 Å². The highest BCUT2D eigenvalue weighted by Crippen LogP contribution is 2.30. The molecule has 154 valence electrons. The quantitative estimate of drug-likeness (QED) is 0.406. The van der Waals surface area contributed by atoms with Gasteiger partial charge in [-0.25, -0.2) is 14.4 Å². The van der Waals surface area contributed by atoms with Gasteiger partial charge in [0.15, 0.2) is 17.3 Å².